The zero-order valence-corrected chi connectivity index (χ0v) is 18.3. The summed E-state index contributed by atoms with van der Waals surface area (Å²) in [6.07, 6.45) is -0.317. The van der Waals surface area contributed by atoms with E-state index in [0.29, 0.717) is 31.2 Å². The third kappa shape index (κ3) is 5.55. The van der Waals surface area contributed by atoms with Crippen LogP contribution >= 0.6 is 0 Å². The lowest BCUT2D eigenvalue weighted by Crippen LogP contribution is -2.17. The first-order valence-corrected chi connectivity index (χ1v) is 11.2. The summed E-state index contributed by atoms with van der Waals surface area (Å²) in [5, 5.41) is 0. The maximum atomic E-state index is 14.8. The Morgan fingerprint density at radius 2 is 1.55 bits per heavy atom. The fourth-order valence-electron chi connectivity index (χ4n) is 4.58. The first-order valence-electron chi connectivity index (χ1n) is 11.2. The third-order valence-corrected chi connectivity index (χ3v) is 6.22. The molecule has 1 unspecified atom stereocenters. The molecule has 0 amide bonds. The molecule has 1 aliphatic carbocycles. The fourth-order valence-corrected chi connectivity index (χ4v) is 4.58. The molecule has 6 heteroatoms. The summed E-state index contributed by atoms with van der Waals surface area (Å²) in [4.78, 5) is 0. The van der Waals surface area contributed by atoms with Gasteiger partial charge in [0.1, 0.15) is 17.4 Å². The smallest absolute Gasteiger partial charge is 0.406 e. The minimum absolute atomic E-state index is 0.172. The lowest BCUT2D eigenvalue weighted by Gasteiger charge is -2.26. The normalized spacial score (nSPS) is 15.9. The van der Waals surface area contributed by atoms with Crippen LogP contribution in [0.1, 0.15) is 54.4 Å². The summed E-state index contributed by atoms with van der Waals surface area (Å²) in [6, 6.07) is 14.5. The molecule has 3 aromatic carbocycles. The van der Waals surface area contributed by atoms with Crippen molar-refractivity contribution in [3.05, 3.63) is 88.5 Å². The Kier molecular flexibility index (Phi) is 6.73. The van der Waals surface area contributed by atoms with E-state index in [1.165, 1.54) is 24.3 Å². The van der Waals surface area contributed by atoms with Gasteiger partial charge in [0.05, 0.1) is 0 Å². The molecule has 1 atom stereocenters. The van der Waals surface area contributed by atoms with Gasteiger partial charge in [-0.05, 0) is 90.1 Å². The number of rotatable bonds is 6. The second-order valence-electron chi connectivity index (χ2n) is 8.57. The lowest BCUT2D eigenvalue weighted by atomic mass is 9.78. The Hall–Kier alpha value is -2.89. The number of halogens is 5. The van der Waals surface area contributed by atoms with Crippen LogP contribution in [0.2, 0.25) is 0 Å². The second-order valence-corrected chi connectivity index (χ2v) is 8.57. The van der Waals surface area contributed by atoms with Crippen molar-refractivity contribution in [3.8, 4) is 16.9 Å². The molecule has 1 nitrogen and oxygen atoms in total. The topological polar surface area (TPSA) is 9.23 Å². The van der Waals surface area contributed by atoms with Crippen molar-refractivity contribution >= 4 is 0 Å². The Morgan fingerprint density at radius 1 is 0.879 bits per heavy atom. The van der Waals surface area contributed by atoms with Crippen LogP contribution in [0.15, 0.2) is 54.6 Å². The maximum Gasteiger partial charge on any atom is 0.573 e. The number of hydrogen-bond acceptors (Lipinski definition) is 1. The molecular weight excluding hydrogens is 435 g/mol. The van der Waals surface area contributed by atoms with Crippen LogP contribution in [0.25, 0.3) is 11.1 Å². The van der Waals surface area contributed by atoms with Gasteiger partial charge in [-0.15, -0.1) is 13.2 Å². The molecule has 0 N–H and O–H groups in total. The average molecular weight is 460 g/mol. The molecule has 0 spiro atoms. The largest absolute Gasteiger partial charge is 0.573 e. The van der Waals surface area contributed by atoms with Gasteiger partial charge in [-0.1, -0.05) is 43.7 Å². The minimum atomic E-state index is -4.72. The van der Waals surface area contributed by atoms with E-state index in [-0.39, 0.29) is 17.2 Å². The Bertz CT molecular complexity index is 1100. The van der Waals surface area contributed by atoms with E-state index in [4.69, 9.17) is 0 Å². The summed E-state index contributed by atoms with van der Waals surface area (Å²) < 4.78 is 70.6. The first kappa shape index (κ1) is 23.3. The molecule has 1 aliphatic rings. The molecular formula is C27H25F5O. The molecule has 0 aliphatic heterocycles. The predicted octanol–water partition coefficient (Wildman–Crippen LogP) is 8.15. The zero-order valence-electron chi connectivity index (χ0n) is 18.3. The van der Waals surface area contributed by atoms with Gasteiger partial charge in [0.2, 0.25) is 0 Å². The monoisotopic (exact) mass is 460 g/mol. The molecule has 174 valence electrons. The van der Waals surface area contributed by atoms with Crippen LogP contribution in [0.3, 0.4) is 0 Å². The molecule has 4 rings (SSSR count). The van der Waals surface area contributed by atoms with Crippen molar-refractivity contribution in [1.29, 1.82) is 0 Å². The van der Waals surface area contributed by atoms with Gasteiger partial charge in [0, 0.05) is 5.56 Å². The van der Waals surface area contributed by atoms with Crippen LogP contribution in [0.4, 0.5) is 22.0 Å². The number of unbranched alkanes of at least 4 members (excludes halogenated alkanes) is 1. The quantitative estimate of drug-likeness (QED) is 0.337. The summed E-state index contributed by atoms with van der Waals surface area (Å²) in [6.45, 7) is 2.04. The predicted molar refractivity (Wildman–Crippen MR) is 118 cm³/mol. The average Bonchev–Trinajstić information content (AvgIpc) is 2.76. The van der Waals surface area contributed by atoms with Crippen molar-refractivity contribution in [2.45, 2.75) is 57.7 Å². The standard InChI is InChI=1S/C27H25F5O/c1-2-3-4-17-13-24(28)26(25(29)14-17)22-8-7-20-15-19(5-6-21(20)16-22)18-9-11-23(12-10-18)33-27(30,31)32/h5-6,9-15,22H,2-4,7-8,16H2,1H3. The van der Waals surface area contributed by atoms with Crippen molar-refractivity contribution in [2.24, 2.45) is 0 Å². The highest BCUT2D eigenvalue weighted by Gasteiger charge is 2.31. The number of aryl methyl sites for hydroxylation is 2. The van der Waals surface area contributed by atoms with Crippen LogP contribution in [-0.4, -0.2) is 6.36 Å². The maximum absolute atomic E-state index is 14.8. The van der Waals surface area contributed by atoms with Crippen LogP contribution < -0.4 is 4.74 Å². The van der Waals surface area contributed by atoms with Crippen molar-refractivity contribution in [2.75, 3.05) is 0 Å². The zero-order chi connectivity index (χ0) is 23.6. The van der Waals surface area contributed by atoms with Crippen molar-refractivity contribution < 1.29 is 26.7 Å². The molecule has 0 radical (unpaired) electrons. The van der Waals surface area contributed by atoms with E-state index >= 15 is 0 Å². The highest BCUT2D eigenvalue weighted by molar-refractivity contribution is 5.66. The Labute approximate surface area is 190 Å². The van der Waals surface area contributed by atoms with Crippen LogP contribution in [0.5, 0.6) is 5.75 Å². The van der Waals surface area contributed by atoms with Gasteiger partial charge >= 0.3 is 6.36 Å². The summed E-state index contributed by atoms with van der Waals surface area (Å²) in [5.41, 5.74) is 4.66. The molecule has 3 aromatic rings. The molecule has 0 saturated heterocycles. The number of hydrogen-bond donors (Lipinski definition) is 0. The van der Waals surface area contributed by atoms with E-state index in [1.807, 2.05) is 25.1 Å². The van der Waals surface area contributed by atoms with E-state index < -0.39 is 18.0 Å². The second kappa shape index (κ2) is 9.54. The van der Waals surface area contributed by atoms with Gasteiger partial charge in [-0.3, -0.25) is 0 Å². The van der Waals surface area contributed by atoms with Gasteiger partial charge in [0.15, 0.2) is 0 Å². The van der Waals surface area contributed by atoms with Gasteiger partial charge < -0.3 is 4.74 Å². The molecule has 0 heterocycles. The van der Waals surface area contributed by atoms with Crippen LogP contribution in [0, 0.1) is 11.6 Å². The minimum Gasteiger partial charge on any atom is -0.406 e. The number of alkyl halides is 3. The van der Waals surface area contributed by atoms with E-state index in [2.05, 4.69) is 4.74 Å². The lowest BCUT2D eigenvalue weighted by molar-refractivity contribution is -0.274. The highest BCUT2D eigenvalue weighted by atomic mass is 19.4. The Balaban J connectivity index is 1.51. The molecule has 0 saturated carbocycles. The third-order valence-electron chi connectivity index (χ3n) is 6.22. The molecule has 0 fully saturated rings. The van der Waals surface area contributed by atoms with Gasteiger partial charge in [0.25, 0.3) is 0 Å². The SMILES string of the molecule is CCCCc1cc(F)c(C2CCc3cc(-c4ccc(OC(F)(F)F)cc4)ccc3C2)c(F)c1. The van der Waals surface area contributed by atoms with Crippen molar-refractivity contribution in [1.82, 2.24) is 0 Å². The number of ether oxygens (including phenoxy) is 1. The summed E-state index contributed by atoms with van der Waals surface area (Å²) in [7, 11) is 0. The van der Waals surface area contributed by atoms with Crippen LogP contribution in [-0.2, 0) is 19.3 Å². The highest BCUT2D eigenvalue weighted by Crippen LogP contribution is 2.37. The Morgan fingerprint density at radius 3 is 2.18 bits per heavy atom. The van der Waals surface area contributed by atoms with E-state index in [0.717, 1.165) is 35.1 Å². The number of benzene rings is 3. The van der Waals surface area contributed by atoms with E-state index in [9.17, 15) is 22.0 Å². The molecule has 0 bridgehead atoms. The summed E-state index contributed by atoms with van der Waals surface area (Å²) in [5.74, 6) is -1.42. The molecule has 0 aromatic heterocycles. The van der Waals surface area contributed by atoms with Gasteiger partial charge in [-0.2, -0.15) is 0 Å². The number of fused-ring (bicyclic) bond motifs is 1. The van der Waals surface area contributed by atoms with Crippen molar-refractivity contribution in [3.63, 3.8) is 0 Å². The fraction of sp³-hybridized carbons (Fsp3) is 0.333. The van der Waals surface area contributed by atoms with E-state index in [1.54, 1.807) is 12.1 Å². The first-order chi connectivity index (χ1) is 15.7. The summed E-state index contributed by atoms with van der Waals surface area (Å²) >= 11 is 0. The van der Waals surface area contributed by atoms with Gasteiger partial charge in [-0.25, -0.2) is 8.78 Å². The molecule has 33 heavy (non-hydrogen) atoms.